The molecule has 0 spiro atoms. The first-order chi connectivity index (χ1) is 12.7. The summed E-state index contributed by atoms with van der Waals surface area (Å²) in [5, 5.41) is 5.93. The molecule has 0 unspecified atom stereocenters. The minimum absolute atomic E-state index is 0.207. The Labute approximate surface area is 162 Å². The summed E-state index contributed by atoms with van der Waals surface area (Å²) < 4.78 is 4.71. The van der Waals surface area contributed by atoms with Crippen molar-refractivity contribution < 1.29 is 19.1 Å². The molecule has 2 aromatic carbocycles. The molecule has 0 saturated heterocycles. The molecule has 27 heavy (non-hydrogen) atoms. The van der Waals surface area contributed by atoms with Crippen molar-refractivity contribution in [3.05, 3.63) is 58.6 Å². The Kier molecular flexibility index (Phi) is 6.23. The summed E-state index contributed by atoms with van der Waals surface area (Å²) in [5.74, 6) is -1.62. The number of carbonyl (C=O) groups is 3. The third kappa shape index (κ3) is 4.65. The monoisotopic (exact) mass is 388 g/mol. The van der Waals surface area contributed by atoms with Gasteiger partial charge in [-0.05, 0) is 56.7 Å². The molecule has 142 valence electrons. The van der Waals surface area contributed by atoms with Gasteiger partial charge in [-0.3, -0.25) is 9.59 Å². The van der Waals surface area contributed by atoms with Crippen molar-refractivity contribution in [1.82, 2.24) is 0 Å². The Hall–Kier alpha value is -2.86. The molecule has 0 saturated carbocycles. The molecule has 0 radical (unpaired) electrons. The van der Waals surface area contributed by atoms with Crippen molar-refractivity contribution >= 4 is 40.8 Å². The van der Waals surface area contributed by atoms with Crippen molar-refractivity contribution in [2.24, 2.45) is 5.41 Å². The van der Waals surface area contributed by atoms with Crippen LogP contribution in [-0.2, 0) is 14.3 Å². The van der Waals surface area contributed by atoms with Gasteiger partial charge in [0.25, 0.3) is 0 Å². The Morgan fingerprint density at radius 2 is 1.56 bits per heavy atom. The number of carbonyl (C=O) groups excluding carboxylic acids is 3. The Morgan fingerprint density at radius 1 is 0.963 bits per heavy atom. The predicted octanol–water partition coefficient (Wildman–Crippen LogP) is 4.04. The molecular formula is C20H21ClN2O4. The lowest BCUT2D eigenvalue weighted by molar-refractivity contribution is -0.135. The summed E-state index contributed by atoms with van der Waals surface area (Å²) in [6.07, 6.45) is 0. The minimum atomic E-state index is -1.39. The van der Waals surface area contributed by atoms with E-state index in [0.29, 0.717) is 10.7 Å². The van der Waals surface area contributed by atoms with E-state index in [1.165, 1.54) is 27.0 Å². The van der Waals surface area contributed by atoms with Gasteiger partial charge in [-0.15, -0.1) is 0 Å². The third-order valence-corrected chi connectivity index (χ3v) is 4.39. The van der Waals surface area contributed by atoms with E-state index in [4.69, 9.17) is 16.3 Å². The molecule has 2 N–H and O–H groups in total. The number of aryl methyl sites for hydroxylation is 1. The highest BCUT2D eigenvalue weighted by Crippen LogP contribution is 2.25. The SMILES string of the molecule is COC(=O)c1ccccc1NC(=O)C(C)(C)C(=O)Nc1ccc(Cl)cc1C. The topological polar surface area (TPSA) is 84.5 Å². The van der Waals surface area contributed by atoms with E-state index in [1.54, 1.807) is 43.3 Å². The average molecular weight is 389 g/mol. The van der Waals surface area contributed by atoms with Crippen LogP contribution in [-0.4, -0.2) is 24.9 Å². The van der Waals surface area contributed by atoms with Gasteiger partial charge in [0.05, 0.1) is 18.4 Å². The summed E-state index contributed by atoms with van der Waals surface area (Å²) in [5.41, 5.74) is 0.439. The van der Waals surface area contributed by atoms with Gasteiger partial charge < -0.3 is 15.4 Å². The molecule has 0 aliphatic carbocycles. The lowest BCUT2D eigenvalue weighted by Crippen LogP contribution is -2.42. The number of amides is 2. The van der Waals surface area contributed by atoms with E-state index in [2.05, 4.69) is 10.6 Å². The molecule has 6 nitrogen and oxygen atoms in total. The fourth-order valence-electron chi connectivity index (χ4n) is 2.31. The van der Waals surface area contributed by atoms with Gasteiger partial charge >= 0.3 is 5.97 Å². The van der Waals surface area contributed by atoms with Crippen molar-refractivity contribution in [2.45, 2.75) is 20.8 Å². The summed E-state index contributed by atoms with van der Waals surface area (Å²) in [7, 11) is 1.26. The fourth-order valence-corrected chi connectivity index (χ4v) is 2.53. The predicted molar refractivity (Wildman–Crippen MR) is 105 cm³/mol. The zero-order valence-corrected chi connectivity index (χ0v) is 16.3. The highest BCUT2D eigenvalue weighted by atomic mass is 35.5. The summed E-state index contributed by atoms with van der Waals surface area (Å²) in [4.78, 5) is 37.2. The van der Waals surface area contributed by atoms with E-state index in [0.717, 1.165) is 5.56 Å². The van der Waals surface area contributed by atoms with E-state index in [-0.39, 0.29) is 11.3 Å². The number of hydrogen-bond acceptors (Lipinski definition) is 4. The fraction of sp³-hybridized carbons (Fsp3) is 0.250. The van der Waals surface area contributed by atoms with Crippen LogP contribution in [0.3, 0.4) is 0 Å². The number of halogens is 1. The molecule has 0 aliphatic rings. The first-order valence-corrected chi connectivity index (χ1v) is 8.61. The highest BCUT2D eigenvalue weighted by molar-refractivity contribution is 6.30. The molecule has 7 heteroatoms. The van der Waals surface area contributed by atoms with E-state index in [9.17, 15) is 14.4 Å². The molecule has 0 aromatic heterocycles. The molecular weight excluding hydrogens is 368 g/mol. The van der Waals surface area contributed by atoms with E-state index < -0.39 is 23.2 Å². The molecule has 0 fully saturated rings. The van der Waals surface area contributed by atoms with Crippen LogP contribution in [0.1, 0.15) is 29.8 Å². The maximum absolute atomic E-state index is 12.7. The van der Waals surface area contributed by atoms with Crippen LogP contribution in [0, 0.1) is 12.3 Å². The van der Waals surface area contributed by atoms with Crippen LogP contribution in [0.15, 0.2) is 42.5 Å². The first kappa shape index (κ1) is 20.5. The van der Waals surface area contributed by atoms with E-state index in [1.807, 2.05) is 0 Å². The average Bonchev–Trinajstić information content (AvgIpc) is 2.63. The number of nitrogens with one attached hydrogen (secondary N) is 2. The Bertz CT molecular complexity index is 893. The zero-order chi connectivity index (χ0) is 20.2. The van der Waals surface area contributed by atoms with Crippen molar-refractivity contribution in [1.29, 1.82) is 0 Å². The number of benzene rings is 2. The van der Waals surface area contributed by atoms with Crippen molar-refractivity contribution in [3.63, 3.8) is 0 Å². The highest BCUT2D eigenvalue weighted by Gasteiger charge is 2.37. The Balaban J connectivity index is 2.19. The minimum Gasteiger partial charge on any atom is -0.465 e. The van der Waals surface area contributed by atoms with Gasteiger partial charge in [0.15, 0.2) is 0 Å². The zero-order valence-electron chi connectivity index (χ0n) is 15.6. The maximum atomic E-state index is 12.7. The second-order valence-electron chi connectivity index (χ2n) is 6.53. The van der Waals surface area contributed by atoms with Gasteiger partial charge in [-0.2, -0.15) is 0 Å². The van der Waals surface area contributed by atoms with Gasteiger partial charge in [0.1, 0.15) is 5.41 Å². The maximum Gasteiger partial charge on any atom is 0.339 e. The smallest absolute Gasteiger partial charge is 0.339 e. The second-order valence-corrected chi connectivity index (χ2v) is 6.97. The van der Waals surface area contributed by atoms with E-state index >= 15 is 0 Å². The number of hydrogen-bond donors (Lipinski definition) is 2. The number of anilines is 2. The second kappa shape index (κ2) is 8.22. The van der Waals surface area contributed by atoms with Crippen LogP contribution in [0.5, 0.6) is 0 Å². The molecule has 0 heterocycles. The lowest BCUT2D eigenvalue weighted by atomic mass is 9.90. The van der Waals surface area contributed by atoms with Crippen LogP contribution in [0.2, 0.25) is 5.02 Å². The summed E-state index contributed by atoms with van der Waals surface area (Å²) in [6.45, 7) is 4.81. The van der Waals surface area contributed by atoms with Gasteiger partial charge in [0.2, 0.25) is 11.8 Å². The normalized spacial score (nSPS) is 10.9. The van der Waals surface area contributed by atoms with Gasteiger partial charge in [-0.25, -0.2) is 4.79 Å². The van der Waals surface area contributed by atoms with Gasteiger partial charge in [-0.1, -0.05) is 23.7 Å². The molecule has 2 aromatic rings. The van der Waals surface area contributed by atoms with Crippen LogP contribution in [0.4, 0.5) is 11.4 Å². The molecule has 0 bridgehead atoms. The molecule has 0 atom stereocenters. The number of methoxy groups -OCH3 is 1. The molecule has 2 amide bonds. The van der Waals surface area contributed by atoms with Crippen LogP contribution < -0.4 is 10.6 Å². The number of ether oxygens (including phenoxy) is 1. The Morgan fingerprint density at radius 3 is 2.15 bits per heavy atom. The number of para-hydroxylation sites is 1. The summed E-state index contributed by atoms with van der Waals surface area (Å²) >= 11 is 5.92. The standard InChI is InChI=1S/C20H21ClN2O4/c1-12-11-13(21)9-10-15(12)22-18(25)20(2,3)19(26)23-16-8-6-5-7-14(16)17(24)27-4/h5-11H,1-4H3,(H,22,25)(H,23,26). The van der Waals surface area contributed by atoms with Gasteiger partial charge in [0, 0.05) is 10.7 Å². The number of rotatable bonds is 5. The van der Waals surface area contributed by atoms with Crippen LogP contribution in [0.25, 0.3) is 0 Å². The van der Waals surface area contributed by atoms with Crippen molar-refractivity contribution in [2.75, 3.05) is 17.7 Å². The quantitative estimate of drug-likeness (QED) is 0.598. The molecule has 0 aliphatic heterocycles. The lowest BCUT2D eigenvalue weighted by Gasteiger charge is -2.24. The van der Waals surface area contributed by atoms with Crippen molar-refractivity contribution in [3.8, 4) is 0 Å². The van der Waals surface area contributed by atoms with Crippen LogP contribution >= 0.6 is 11.6 Å². The number of esters is 1. The third-order valence-electron chi connectivity index (χ3n) is 4.15. The molecule has 2 rings (SSSR count). The summed E-state index contributed by atoms with van der Waals surface area (Å²) in [6, 6.07) is 11.5. The largest absolute Gasteiger partial charge is 0.465 e. The first-order valence-electron chi connectivity index (χ1n) is 8.23.